The standard InChI is InChI=1S/C20H23N7O2/c1-25-19(28)11-10-18(24-25)26-12-6-5-9-16(26)13-21-20(29)17-14-22-27(23-17)15-7-3-2-4-8-15/h2-4,7-8,10-11,14,16H,5-6,9,12-13H2,1H3,(H,21,29). The zero-order valence-electron chi connectivity index (χ0n) is 16.2. The Morgan fingerprint density at radius 2 is 1.97 bits per heavy atom. The second-order valence-corrected chi connectivity index (χ2v) is 7.06. The van der Waals surface area contributed by atoms with Gasteiger partial charge in [-0.05, 0) is 37.5 Å². The maximum atomic E-state index is 12.6. The fourth-order valence-electron chi connectivity index (χ4n) is 3.51. The first-order valence-corrected chi connectivity index (χ1v) is 9.69. The Labute approximate surface area is 168 Å². The second kappa shape index (κ2) is 8.26. The lowest BCUT2D eigenvalue weighted by atomic mass is 10.0. The number of hydrogen-bond donors (Lipinski definition) is 1. The van der Waals surface area contributed by atoms with E-state index >= 15 is 0 Å². The molecule has 1 aliphatic heterocycles. The number of aryl methyl sites for hydroxylation is 1. The van der Waals surface area contributed by atoms with E-state index in [-0.39, 0.29) is 23.2 Å². The molecule has 9 nitrogen and oxygen atoms in total. The molecule has 0 aliphatic carbocycles. The number of nitrogens with zero attached hydrogens (tertiary/aromatic N) is 6. The molecule has 1 saturated heterocycles. The van der Waals surface area contributed by atoms with Crippen molar-refractivity contribution in [2.45, 2.75) is 25.3 Å². The van der Waals surface area contributed by atoms with E-state index < -0.39 is 0 Å². The maximum Gasteiger partial charge on any atom is 0.273 e. The number of aromatic nitrogens is 5. The molecule has 0 saturated carbocycles. The van der Waals surface area contributed by atoms with Crippen molar-refractivity contribution in [2.24, 2.45) is 7.05 Å². The van der Waals surface area contributed by atoms with Crippen molar-refractivity contribution in [3.05, 3.63) is 64.7 Å². The van der Waals surface area contributed by atoms with E-state index in [1.807, 2.05) is 30.3 Å². The quantitative estimate of drug-likeness (QED) is 0.698. The van der Waals surface area contributed by atoms with Crippen LogP contribution in [-0.4, -0.2) is 49.8 Å². The number of anilines is 1. The molecule has 0 spiro atoms. The zero-order valence-corrected chi connectivity index (χ0v) is 16.2. The first-order chi connectivity index (χ1) is 14.1. The summed E-state index contributed by atoms with van der Waals surface area (Å²) in [6, 6.07) is 12.8. The van der Waals surface area contributed by atoms with Crippen LogP contribution in [0.2, 0.25) is 0 Å². The first-order valence-electron chi connectivity index (χ1n) is 9.69. The van der Waals surface area contributed by atoms with Gasteiger partial charge in [-0.15, -0.1) is 5.10 Å². The van der Waals surface area contributed by atoms with Crippen LogP contribution >= 0.6 is 0 Å². The second-order valence-electron chi connectivity index (χ2n) is 7.06. The predicted octanol–water partition coefficient (Wildman–Crippen LogP) is 1.15. The topological polar surface area (TPSA) is 97.9 Å². The smallest absolute Gasteiger partial charge is 0.273 e. The highest BCUT2D eigenvalue weighted by molar-refractivity contribution is 5.91. The zero-order chi connectivity index (χ0) is 20.2. The van der Waals surface area contributed by atoms with Crippen LogP contribution in [0.1, 0.15) is 29.8 Å². The molecule has 3 aromatic rings. The van der Waals surface area contributed by atoms with E-state index in [2.05, 4.69) is 25.5 Å². The van der Waals surface area contributed by atoms with Crippen molar-refractivity contribution in [3.63, 3.8) is 0 Å². The number of carbonyl (C=O) groups excluding carboxylic acids is 1. The molecule has 1 unspecified atom stereocenters. The third-order valence-corrected chi connectivity index (χ3v) is 5.08. The largest absolute Gasteiger partial charge is 0.350 e. The van der Waals surface area contributed by atoms with Gasteiger partial charge in [0.1, 0.15) is 5.82 Å². The van der Waals surface area contributed by atoms with Crippen LogP contribution in [0.3, 0.4) is 0 Å². The monoisotopic (exact) mass is 393 g/mol. The first kappa shape index (κ1) is 18.9. The van der Waals surface area contributed by atoms with Crippen molar-refractivity contribution >= 4 is 11.7 Å². The molecule has 0 radical (unpaired) electrons. The van der Waals surface area contributed by atoms with Gasteiger partial charge in [0.15, 0.2) is 5.69 Å². The highest BCUT2D eigenvalue weighted by Crippen LogP contribution is 2.22. The number of para-hydroxylation sites is 1. The summed E-state index contributed by atoms with van der Waals surface area (Å²) in [4.78, 5) is 27.8. The van der Waals surface area contributed by atoms with Gasteiger partial charge in [-0.1, -0.05) is 18.2 Å². The van der Waals surface area contributed by atoms with Gasteiger partial charge in [0, 0.05) is 32.2 Å². The lowest BCUT2D eigenvalue weighted by Gasteiger charge is -2.36. The van der Waals surface area contributed by atoms with E-state index in [0.717, 1.165) is 37.3 Å². The number of piperidine rings is 1. The third kappa shape index (κ3) is 4.18. The van der Waals surface area contributed by atoms with Crippen molar-refractivity contribution in [3.8, 4) is 5.69 Å². The molecule has 2 aromatic heterocycles. The molecular formula is C20H23N7O2. The van der Waals surface area contributed by atoms with Crippen LogP contribution in [0.25, 0.3) is 5.69 Å². The molecule has 0 bridgehead atoms. The average Bonchev–Trinajstić information content (AvgIpc) is 3.25. The highest BCUT2D eigenvalue weighted by Gasteiger charge is 2.25. The Morgan fingerprint density at radius 1 is 1.14 bits per heavy atom. The Bertz CT molecular complexity index is 1040. The third-order valence-electron chi connectivity index (χ3n) is 5.08. The summed E-state index contributed by atoms with van der Waals surface area (Å²) in [6.07, 6.45) is 4.56. The summed E-state index contributed by atoms with van der Waals surface area (Å²) in [5.41, 5.74) is 0.930. The predicted molar refractivity (Wildman–Crippen MR) is 108 cm³/mol. The summed E-state index contributed by atoms with van der Waals surface area (Å²) in [5, 5.41) is 15.8. The maximum absolute atomic E-state index is 12.6. The Hall–Kier alpha value is -3.49. The van der Waals surface area contributed by atoms with Crippen molar-refractivity contribution in [2.75, 3.05) is 18.0 Å². The molecule has 1 amide bonds. The minimum absolute atomic E-state index is 0.113. The average molecular weight is 393 g/mol. The van der Waals surface area contributed by atoms with Gasteiger partial charge < -0.3 is 10.2 Å². The Kier molecular flexibility index (Phi) is 5.37. The molecule has 1 aliphatic rings. The molecular weight excluding hydrogens is 370 g/mol. The van der Waals surface area contributed by atoms with Crippen molar-refractivity contribution in [1.82, 2.24) is 30.1 Å². The van der Waals surface area contributed by atoms with Crippen molar-refractivity contribution in [1.29, 1.82) is 0 Å². The molecule has 1 aromatic carbocycles. The van der Waals surface area contributed by atoms with Crippen LogP contribution < -0.4 is 15.8 Å². The van der Waals surface area contributed by atoms with Gasteiger partial charge in [0.25, 0.3) is 11.5 Å². The molecule has 1 fully saturated rings. The minimum atomic E-state index is -0.258. The number of hydrogen-bond acceptors (Lipinski definition) is 6. The molecule has 1 N–H and O–H groups in total. The number of benzene rings is 1. The van der Waals surface area contributed by atoms with E-state index in [4.69, 9.17) is 0 Å². The Morgan fingerprint density at radius 3 is 2.76 bits per heavy atom. The SMILES string of the molecule is Cn1nc(N2CCCCC2CNC(=O)c2cnn(-c3ccccc3)n2)ccc1=O. The molecule has 150 valence electrons. The van der Waals surface area contributed by atoms with Crippen LogP contribution in [0.5, 0.6) is 0 Å². The number of rotatable bonds is 5. The van der Waals surface area contributed by atoms with E-state index in [9.17, 15) is 9.59 Å². The lowest BCUT2D eigenvalue weighted by molar-refractivity contribution is 0.0944. The molecule has 29 heavy (non-hydrogen) atoms. The summed E-state index contributed by atoms with van der Waals surface area (Å²) in [7, 11) is 1.64. The summed E-state index contributed by atoms with van der Waals surface area (Å²) in [5.74, 6) is 0.493. The van der Waals surface area contributed by atoms with Gasteiger partial charge in [-0.2, -0.15) is 15.0 Å². The van der Waals surface area contributed by atoms with Gasteiger partial charge in [0.05, 0.1) is 11.9 Å². The summed E-state index contributed by atoms with van der Waals surface area (Å²) >= 11 is 0. The molecule has 9 heteroatoms. The van der Waals surface area contributed by atoms with Gasteiger partial charge in [0.2, 0.25) is 0 Å². The van der Waals surface area contributed by atoms with E-state index in [1.165, 1.54) is 21.7 Å². The fourth-order valence-corrected chi connectivity index (χ4v) is 3.51. The normalized spacial score (nSPS) is 16.6. The van der Waals surface area contributed by atoms with Gasteiger partial charge in [-0.25, -0.2) is 4.68 Å². The number of carbonyl (C=O) groups is 1. The van der Waals surface area contributed by atoms with Crippen LogP contribution in [-0.2, 0) is 7.05 Å². The number of amides is 1. The fraction of sp³-hybridized carbons (Fsp3) is 0.350. The van der Waals surface area contributed by atoms with E-state index in [0.29, 0.717) is 6.54 Å². The molecule has 1 atom stereocenters. The molecule has 3 heterocycles. The summed E-state index contributed by atoms with van der Waals surface area (Å²) < 4.78 is 1.33. The lowest BCUT2D eigenvalue weighted by Crippen LogP contribution is -2.47. The van der Waals surface area contributed by atoms with Gasteiger partial charge >= 0.3 is 0 Å². The summed E-state index contributed by atoms with van der Waals surface area (Å²) in [6.45, 7) is 1.32. The van der Waals surface area contributed by atoms with Crippen LogP contribution in [0.4, 0.5) is 5.82 Å². The van der Waals surface area contributed by atoms with Crippen LogP contribution in [0.15, 0.2) is 53.5 Å². The highest BCUT2D eigenvalue weighted by atomic mass is 16.2. The molecule has 4 rings (SSSR count). The minimum Gasteiger partial charge on any atom is -0.350 e. The number of nitrogens with one attached hydrogen (secondary N) is 1. The van der Waals surface area contributed by atoms with E-state index in [1.54, 1.807) is 13.1 Å². The Balaban J connectivity index is 1.43. The van der Waals surface area contributed by atoms with Gasteiger partial charge in [-0.3, -0.25) is 9.59 Å². The van der Waals surface area contributed by atoms with Crippen molar-refractivity contribution < 1.29 is 4.79 Å². The van der Waals surface area contributed by atoms with Crippen LogP contribution in [0, 0.1) is 0 Å².